The second kappa shape index (κ2) is 4.04. The zero-order valence-corrected chi connectivity index (χ0v) is 8.16. The highest BCUT2D eigenvalue weighted by Gasteiger charge is 1.97. The predicted octanol–water partition coefficient (Wildman–Crippen LogP) is 2.47. The number of benzene rings is 1. The van der Waals surface area contributed by atoms with Gasteiger partial charge in [-0.15, -0.1) is 0 Å². The first-order chi connectivity index (χ1) is 7.24. The molecule has 0 aliphatic heterocycles. The lowest BCUT2D eigenvalue weighted by Gasteiger charge is -2.04. The molecule has 15 heavy (non-hydrogen) atoms. The highest BCUT2D eigenvalue weighted by atomic mass is 19.1. The minimum atomic E-state index is -0.258. The number of hydrogen-bond acceptors (Lipinski definition) is 3. The third-order valence-corrected chi connectivity index (χ3v) is 1.83. The highest BCUT2D eigenvalue weighted by Crippen LogP contribution is 2.13. The van der Waals surface area contributed by atoms with E-state index in [-0.39, 0.29) is 5.82 Å². The van der Waals surface area contributed by atoms with E-state index in [1.807, 2.05) is 0 Å². The highest BCUT2D eigenvalue weighted by molar-refractivity contribution is 5.55. The molecule has 3 nitrogen and oxygen atoms in total. The van der Waals surface area contributed by atoms with Crippen LogP contribution in [0.1, 0.15) is 5.82 Å². The van der Waals surface area contributed by atoms with Gasteiger partial charge in [0.15, 0.2) is 0 Å². The second-order valence-corrected chi connectivity index (χ2v) is 3.06. The minimum absolute atomic E-state index is 0.258. The van der Waals surface area contributed by atoms with Gasteiger partial charge in [-0.2, -0.15) is 0 Å². The van der Waals surface area contributed by atoms with Crippen LogP contribution in [0.5, 0.6) is 0 Å². The van der Waals surface area contributed by atoms with Crippen molar-refractivity contribution in [1.29, 1.82) is 0 Å². The Morgan fingerprint density at radius 3 is 2.67 bits per heavy atom. The van der Waals surface area contributed by atoms with E-state index in [0.29, 0.717) is 11.6 Å². The lowest BCUT2D eigenvalue weighted by molar-refractivity contribution is 0.628. The van der Waals surface area contributed by atoms with Gasteiger partial charge in [-0.1, -0.05) is 0 Å². The van der Waals surface area contributed by atoms with E-state index in [1.54, 1.807) is 25.1 Å². The maximum Gasteiger partial charge on any atom is 0.134 e. The molecule has 0 aliphatic carbocycles. The molecular formula is C11H9FN3. The average molecular weight is 202 g/mol. The van der Waals surface area contributed by atoms with Crippen LogP contribution in [0.15, 0.2) is 30.3 Å². The Morgan fingerprint density at radius 2 is 2.00 bits per heavy atom. The van der Waals surface area contributed by atoms with Crippen molar-refractivity contribution in [2.45, 2.75) is 6.92 Å². The third kappa shape index (κ3) is 2.49. The van der Waals surface area contributed by atoms with Crippen LogP contribution in [0.4, 0.5) is 15.9 Å². The van der Waals surface area contributed by atoms with Crippen molar-refractivity contribution in [2.75, 3.05) is 5.32 Å². The van der Waals surface area contributed by atoms with Crippen LogP contribution in [-0.4, -0.2) is 9.97 Å². The van der Waals surface area contributed by atoms with Crippen molar-refractivity contribution in [1.82, 2.24) is 9.97 Å². The van der Waals surface area contributed by atoms with Crippen LogP contribution in [0, 0.1) is 18.9 Å². The third-order valence-electron chi connectivity index (χ3n) is 1.83. The first-order valence-corrected chi connectivity index (χ1v) is 4.48. The summed E-state index contributed by atoms with van der Waals surface area (Å²) in [5.74, 6) is 1.03. The van der Waals surface area contributed by atoms with Gasteiger partial charge in [0, 0.05) is 11.8 Å². The summed E-state index contributed by atoms with van der Waals surface area (Å²) in [6, 6.07) is 7.70. The first kappa shape index (κ1) is 9.58. The average Bonchev–Trinajstić information content (AvgIpc) is 2.22. The summed E-state index contributed by atoms with van der Waals surface area (Å²) in [6.07, 6.45) is 2.71. The number of aromatic nitrogens is 2. The van der Waals surface area contributed by atoms with Crippen molar-refractivity contribution in [2.24, 2.45) is 0 Å². The predicted molar refractivity (Wildman–Crippen MR) is 55.3 cm³/mol. The number of nitrogens with zero attached hydrogens (tertiary/aromatic N) is 2. The van der Waals surface area contributed by atoms with Crippen molar-refractivity contribution < 1.29 is 4.39 Å². The molecule has 0 amide bonds. The summed E-state index contributed by atoms with van der Waals surface area (Å²) in [7, 11) is 0. The van der Waals surface area contributed by atoms with Crippen molar-refractivity contribution in [3.05, 3.63) is 48.2 Å². The topological polar surface area (TPSA) is 37.8 Å². The Hall–Kier alpha value is -1.97. The molecule has 0 saturated carbocycles. The normalized spacial score (nSPS) is 10.0. The van der Waals surface area contributed by atoms with Gasteiger partial charge in [-0.3, -0.25) is 0 Å². The standard InChI is InChI=1S/C11H9FN3/c1-8-13-7-6-11(14-8)15-10-4-2-9(12)3-5-10/h2-6H,1H3,(H,13,14,15). The Kier molecular flexibility index (Phi) is 2.58. The molecule has 0 bridgehead atoms. The summed E-state index contributed by atoms with van der Waals surface area (Å²) in [6.45, 7) is 1.78. The summed E-state index contributed by atoms with van der Waals surface area (Å²) in [4.78, 5) is 8.00. The Labute approximate surface area is 87.0 Å². The Balaban J connectivity index is 2.18. The lowest BCUT2D eigenvalue weighted by atomic mass is 10.3. The van der Waals surface area contributed by atoms with E-state index >= 15 is 0 Å². The maximum atomic E-state index is 12.6. The maximum absolute atomic E-state index is 12.6. The zero-order chi connectivity index (χ0) is 10.7. The monoisotopic (exact) mass is 202 g/mol. The smallest absolute Gasteiger partial charge is 0.134 e. The SMILES string of the molecule is Cc1n[c]cc(Nc2ccc(F)cc2)n1. The van der Waals surface area contributed by atoms with Crippen molar-refractivity contribution in [3.8, 4) is 0 Å². The molecule has 1 aromatic heterocycles. The number of anilines is 2. The molecule has 2 rings (SSSR count). The number of nitrogens with one attached hydrogen (secondary N) is 1. The van der Waals surface area contributed by atoms with E-state index in [9.17, 15) is 4.39 Å². The van der Waals surface area contributed by atoms with Crippen LogP contribution < -0.4 is 5.32 Å². The van der Waals surface area contributed by atoms with E-state index in [1.165, 1.54) is 12.1 Å². The van der Waals surface area contributed by atoms with Crippen molar-refractivity contribution >= 4 is 11.5 Å². The first-order valence-electron chi connectivity index (χ1n) is 4.48. The minimum Gasteiger partial charge on any atom is -0.340 e. The molecular weight excluding hydrogens is 193 g/mol. The molecule has 0 aliphatic rings. The molecule has 2 aromatic rings. The Morgan fingerprint density at radius 1 is 1.27 bits per heavy atom. The van der Waals surface area contributed by atoms with Gasteiger partial charge < -0.3 is 5.32 Å². The van der Waals surface area contributed by atoms with Gasteiger partial charge in [0.2, 0.25) is 0 Å². The molecule has 0 atom stereocenters. The summed E-state index contributed by atoms with van der Waals surface area (Å²) < 4.78 is 12.6. The fourth-order valence-corrected chi connectivity index (χ4v) is 1.16. The molecule has 4 heteroatoms. The van der Waals surface area contributed by atoms with Gasteiger partial charge in [-0.05, 0) is 31.2 Å². The molecule has 0 spiro atoms. The largest absolute Gasteiger partial charge is 0.340 e. The number of halogens is 1. The lowest BCUT2D eigenvalue weighted by Crippen LogP contribution is -1.96. The fourth-order valence-electron chi connectivity index (χ4n) is 1.16. The van der Waals surface area contributed by atoms with Crippen molar-refractivity contribution in [3.63, 3.8) is 0 Å². The number of hydrogen-bond donors (Lipinski definition) is 1. The van der Waals surface area contributed by atoms with Gasteiger partial charge in [-0.25, -0.2) is 14.4 Å². The molecule has 1 aromatic carbocycles. The van der Waals surface area contributed by atoms with Crippen LogP contribution in [-0.2, 0) is 0 Å². The van der Waals surface area contributed by atoms with E-state index < -0.39 is 0 Å². The molecule has 1 N–H and O–H groups in total. The van der Waals surface area contributed by atoms with Gasteiger partial charge in [0.25, 0.3) is 0 Å². The van der Waals surface area contributed by atoms with E-state index in [4.69, 9.17) is 0 Å². The second-order valence-electron chi connectivity index (χ2n) is 3.06. The number of rotatable bonds is 2. The summed E-state index contributed by atoms with van der Waals surface area (Å²) >= 11 is 0. The van der Waals surface area contributed by atoms with Crippen LogP contribution in [0.25, 0.3) is 0 Å². The van der Waals surface area contributed by atoms with Gasteiger partial charge in [0.05, 0.1) is 6.20 Å². The molecule has 1 heterocycles. The fraction of sp³-hybridized carbons (Fsp3) is 0.0909. The molecule has 0 fully saturated rings. The Bertz CT molecular complexity index is 454. The summed E-state index contributed by atoms with van der Waals surface area (Å²) in [5.41, 5.74) is 0.780. The van der Waals surface area contributed by atoms with Crippen LogP contribution in [0.3, 0.4) is 0 Å². The van der Waals surface area contributed by atoms with Gasteiger partial charge in [0.1, 0.15) is 17.5 Å². The van der Waals surface area contributed by atoms with E-state index in [0.717, 1.165) is 5.69 Å². The molecule has 0 saturated heterocycles. The van der Waals surface area contributed by atoms with Crippen LogP contribution >= 0.6 is 0 Å². The van der Waals surface area contributed by atoms with E-state index in [2.05, 4.69) is 21.5 Å². The zero-order valence-electron chi connectivity index (χ0n) is 8.16. The molecule has 0 unspecified atom stereocenters. The van der Waals surface area contributed by atoms with Crippen LogP contribution in [0.2, 0.25) is 0 Å². The van der Waals surface area contributed by atoms with Gasteiger partial charge >= 0.3 is 0 Å². The molecule has 75 valence electrons. The summed E-state index contributed by atoms with van der Waals surface area (Å²) in [5, 5.41) is 3.02. The quantitative estimate of drug-likeness (QED) is 0.812. The molecule has 1 radical (unpaired) electrons. The number of aryl methyl sites for hydroxylation is 1.